The fraction of sp³-hybridized carbons (Fsp3) is 0.412. The Bertz CT molecular complexity index is 1070. The molecule has 1 unspecified atom stereocenters. The van der Waals surface area contributed by atoms with Crippen LogP contribution < -0.4 is 4.90 Å². The van der Waals surface area contributed by atoms with Gasteiger partial charge in [-0.1, -0.05) is 96.8 Å². The molecule has 0 aromatic heterocycles. The Morgan fingerprint density at radius 2 is 1.28 bits per heavy atom. The van der Waals surface area contributed by atoms with E-state index in [2.05, 4.69) is 127 Å². The van der Waals surface area contributed by atoms with Crippen LogP contribution in [0.1, 0.15) is 84.4 Å². The maximum Gasteiger partial charge on any atom is 0.0479 e. The molecule has 1 atom stereocenters. The van der Waals surface area contributed by atoms with Gasteiger partial charge in [-0.05, 0) is 95.2 Å². The van der Waals surface area contributed by atoms with Crippen LogP contribution in [0, 0.1) is 5.92 Å². The number of hydrogen-bond donors (Lipinski definition) is 0. The van der Waals surface area contributed by atoms with Gasteiger partial charge in [-0.3, -0.25) is 0 Å². The smallest absolute Gasteiger partial charge is 0.0479 e. The van der Waals surface area contributed by atoms with Crippen LogP contribution in [0.5, 0.6) is 0 Å². The second kappa shape index (κ2) is 11.7. The van der Waals surface area contributed by atoms with Crippen LogP contribution in [-0.2, 0) is 17.3 Å². The van der Waals surface area contributed by atoms with Crippen molar-refractivity contribution in [1.29, 1.82) is 0 Å². The van der Waals surface area contributed by atoms with E-state index in [0.717, 1.165) is 41.3 Å². The van der Waals surface area contributed by atoms with E-state index in [0.29, 0.717) is 5.92 Å². The van der Waals surface area contributed by atoms with E-state index in [4.69, 9.17) is 11.6 Å². The molecule has 0 aliphatic carbocycles. The molecule has 0 radical (unpaired) electrons. The molecular formula is C34H44ClN. The van der Waals surface area contributed by atoms with Crippen molar-refractivity contribution < 1.29 is 0 Å². The number of anilines is 3. The molecule has 0 bridgehead atoms. The van der Waals surface area contributed by atoms with E-state index < -0.39 is 0 Å². The molecule has 3 aromatic carbocycles. The van der Waals surface area contributed by atoms with Crippen molar-refractivity contribution in [3.05, 3.63) is 101 Å². The average Bonchev–Trinajstić information content (AvgIpc) is 2.81. The van der Waals surface area contributed by atoms with Crippen molar-refractivity contribution in [2.75, 3.05) is 4.90 Å². The Morgan fingerprint density at radius 1 is 0.778 bits per heavy atom. The topological polar surface area (TPSA) is 3.24 Å². The van der Waals surface area contributed by atoms with Gasteiger partial charge in [0.15, 0.2) is 0 Å². The SMILES string of the molecule is C=CCC(CC)CCc1cc(Cl)cc(N(c2ccc(C(C)(C)C)cc2)c2ccc(C(C)(C)C)cc2)c1. The lowest BCUT2D eigenvalue weighted by Gasteiger charge is -2.28. The summed E-state index contributed by atoms with van der Waals surface area (Å²) in [6.45, 7) is 19.7. The minimum absolute atomic E-state index is 0.113. The summed E-state index contributed by atoms with van der Waals surface area (Å²) >= 11 is 6.71. The summed E-state index contributed by atoms with van der Waals surface area (Å²) in [5.74, 6) is 0.663. The molecule has 0 saturated carbocycles. The zero-order valence-corrected chi connectivity index (χ0v) is 24.1. The Kier molecular flexibility index (Phi) is 9.12. The van der Waals surface area contributed by atoms with Crippen LogP contribution in [0.3, 0.4) is 0 Å². The quantitative estimate of drug-likeness (QED) is 0.263. The third-order valence-electron chi connectivity index (χ3n) is 7.10. The standard InChI is InChI=1S/C34H44ClN/c1-9-11-25(10-2)12-13-26-22-29(35)24-32(23-26)36(30-18-14-27(15-19-30)33(3,4)5)31-20-16-28(17-21-31)34(6,7)8/h9,14-25H,1,10-13H2,2-8H3. The summed E-state index contributed by atoms with van der Waals surface area (Å²) in [5.41, 5.74) is 7.53. The summed E-state index contributed by atoms with van der Waals surface area (Å²) < 4.78 is 0. The molecular weight excluding hydrogens is 458 g/mol. The fourth-order valence-corrected chi connectivity index (χ4v) is 4.92. The van der Waals surface area contributed by atoms with Gasteiger partial charge in [-0.2, -0.15) is 0 Å². The molecule has 0 aliphatic heterocycles. The predicted octanol–water partition coefficient (Wildman–Crippen LogP) is 10.9. The van der Waals surface area contributed by atoms with Crippen LogP contribution in [0.15, 0.2) is 79.4 Å². The van der Waals surface area contributed by atoms with E-state index in [9.17, 15) is 0 Å². The number of halogens is 1. The van der Waals surface area contributed by atoms with Crippen molar-refractivity contribution in [2.45, 2.75) is 85.0 Å². The third-order valence-corrected chi connectivity index (χ3v) is 7.32. The molecule has 0 fully saturated rings. The Hall–Kier alpha value is -2.51. The van der Waals surface area contributed by atoms with Gasteiger partial charge in [0, 0.05) is 22.1 Å². The highest BCUT2D eigenvalue weighted by molar-refractivity contribution is 6.31. The van der Waals surface area contributed by atoms with Crippen molar-refractivity contribution in [2.24, 2.45) is 5.92 Å². The summed E-state index contributed by atoms with van der Waals surface area (Å²) in [7, 11) is 0. The highest BCUT2D eigenvalue weighted by Crippen LogP contribution is 2.38. The zero-order chi connectivity index (χ0) is 26.5. The second-order valence-electron chi connectivity index (χ2n) is 12.1. The number of rotatable bonds is 9. The Morgan fingerprint density at radius 3 is 1.69 bits per heavy atom. The van der Waals surface area contributed by atoms with Crippen LogP contribution >= 0.6 is 11.6 Å². The summed E-state index contributed by atoms with van der Waals surface area (Å²) in [4.78, 5) is 2.33. The van der Waals surface area contributed by atoms with E-state index in [-0.39, 0.29) is 10.8 Å². The van der Waals surface area contributed by atoms with Gasteiger partial charge in [0.2, 0.25) is 0 Å². The number of nitrogens with zero attached hydrogens (tertiary/aromatic N) is 1. The lowest BCUT2D eigenvalue weighted by molar-refractivity contribution is 0.477. The highest BCUT2D eigenvalue weighted by Gasteiger charge is 2.19. The number of aryl methyl sites for hydroxylation is 1. The normalized spacial score (nSPS) is 12.9. The molecule has 0 aliphatic rings. The minimum atomic E-state index is 0.113. The lowest BCUT2D eigenvalue weighted by atomic mass is 9.86. The first-order valence-corrected chi connectivity index (χ1v) is 13.7. The molecule has 0 spiro atoms. The van der Waals surface area contributed by atoms with Gasteiger partial charge in [0.05, 0.1) is 0 Å². The first-order chi connectivity index (χ1) is 16.9. The van der Waals surface area contributed by atoms with E-state index >= 15 is 0 Å². The molecule has 0 saturated heterocycles. The Balaban J connectivity index is 2.05. The molecule has 0 heterocycles. The van der Waals surface area contributed by atoms with Crippen molar-refractivity contribution >= 4 is 28.7 Å². The van der Waals surface area contributed by atoms with Gasteiger partial charge < -0.3 is 4.90 Å². The van der Waals surface area contributed by atoms with Crippen LogP contribution in [0.25, 0.3) is 0 Å². The van der Waals surface area contributed by atoms with Crippen molar-refractivity contribution in [3.8, 4) is 0 Å². The van der Waals surface area contributed by atoms with Crippen LogP contribution in [-0.4, -0.2) is 0 Å². The Labute approximate surface area is 225 Å². The summed E-state index contributed by atoms with van der Waals surface area (Å²) in [6, 6.07) is 24.4. The molecule has 192 valence electrons. The maximum absolute atomic E-state index is 6.71. The summed E-state index contributed by atoms with van der Waals surface area (Å²) in [5, 5.41) is 0.780. The largest absolute Gasteiger partial charge is 0.310 e. The monoisotopic (exact) mass is 501 g/mol. The van der Waals surface area contributed by atoms with E-state index in [1.165, 1.54) is 23.1 Å². The zero-order valence-electron chi connectivity index (χ0n) is 23.4. The molecule has 36 heavy (non-hydrogen) atoms. The average molecular weight is 502 g/mol. The molecule has 0 amide bonds. The first kappa shape index (κ1) is 28.1. The molecule has 1 nitrogen and oxygen atoms in total. The molecule has 3 aromatic rings. The number of hydrogen-bond acceptors (Lipinski definition) is 1. The molecule has 2 heteroatoms. The highest BCUT2D eigenvalue weighted by atomic mass is 35.5. The van der Waals surface area contributed by atoms with Crippen molar-refractivity contribution in [1.82, 2.24) is 0 Å². The number of benzene rings is 3. The third kappa shape index (κ3) is 7.26. The minimum Gasteiger partial charge on any atom is -0.310 e. The molecule has 0 N–H and O–H groups in total. The molecule has 3 rings (SSSR count). The van der Waals surface area contributed by atoms with Gasteiger partial charge in [-0.15, -0.1) is 6.58 Å². The van der Waals surface area contributed by atoms with Gasteiger partial charge >= 0.3 is 0 Å². The van der Waals surface area contributed by atoms with Gasteiger partial charge in [-0.25, -0.2) is 0 Å². The van der Waals surface area contributed by atoms with Crippen molar-refractivity contribution in [3.63, 3.8) is 0 Å². The number of allylic oxidation sites excluding steroid dienone is 1. The van der Waals surface area contributed by atoms with Crippen LogP contribution in [0.2, 0.25) is 5.02 Å². The fourth-order valence-electron chi connectivity index (χ4n) is 4.67. The van der Waals surface area contributed by atoms with E-state index in [1.807, 2.05) is 6.08 Å². The van der Waals surface area contributed by atoms with Gasteiger partial charge in [0.25, 0.3) is 0 Å². The van der Waals surface area contributed by atoms with Gasteiger partial charge in [0.1, 0.15) is 0 Å². The first-order valence-electron chi connectivity index (χ1n) is 13.3. The predicted molar refractivity (Wildman–Crippen MR) is 160 cm³/mol. The summed E-state index contributed by atoms with van der Waals surface area (Å²) in [6.07, 6.45) is 6.44. The lowest BCUT2D eigenvalue weighted by Crippen LogP contribution is -2.14. The second-order valence-corrected chi connectivity index (χ2v) is 12.5. The van der Waals surface area contributed by atoms with Crippen LogP contribution in [0.4, 0.5) is 17.1 Å². The van der Waals surface area contributed by atoms with E-state index in [1.54, 1.807) is 0 Å². The maximum atomic E-state index is 6.71.